The van der Waals surface area contributed by atoms with E-state index >= 15 is 0 Å². The van der Waals surface area contributed by atoms with E-state index in [1.54, 1.807) is 0 Å². The Morgan fingerprint density at radius 3 is 2.65 bits per heavy atom. The van der Waals surface area contributed by atoms with Gasteiger partial charge >= 0.3 is 5.97 Å². The van der Waals surface area contributed by atoms with Crippen molar-refractivity contribution in [3.05, 3.63) is 0 Å². The van der Waals surface area contributed by atoms with E-state index in [-0.39, 0.29) is 11.1 Å². The van der Waals surface area contributed by atoms with Crippen molar-refractivity contribution in [3.8, 4) is 0 Å². The topological polar surface area (TPSA) is 43.4 Å². The van der Waals surface area contributed by atoms with Crippen LogP contribution in [0, 0.1) is 0 Å². The lowest BCUT2D eigenvalue weighted by Gasteiger charge is -2.03. The maximum atomic E-state index is 11.6. The Labute approximate surface area is 110 Å². The van der Waals surface area contributed by atoms with Crippen LogP contribution in [0.3, 0.4) is 0 Å². The van der Waals surface area contributed by atoms with Gasteiger partial charge in [-0.25, -0.2) is 0 Å². The van der Waals surface area contributed by atoms with E-state index in [0.717, 1.165) is 12.2 Å². The Bertz CT molecular complexity index is 250. The third kappa shape index (κ3) is 6.99. The second-order valence-corrected chi connectivity index (χ2v) is 7.55. The minimum Gasteiger partial charge on any atom is -0.465 e. The van der Waals surface area contributed by atoms with Crippen LogP contribution in [0.5, 0.6) is 0 Å². The van der Waals surface area contributed by atoms with Gasteiger partial charge in [-0.3, -0.25) is 9.59 Å². The molecule has 5 heteroatoms. The Hall–Kier alpha value is -0.160. The van der Waals surface area contributed by atoms with Crippen molar-refractivity contribution in [2.75, 3.05) is 29.6 Å². The molecule has 0 aromatic carbocycles. The molecule has 1 aliphatic rings. The summed E-state index contributed by atoms with van der Waals surface area (Å²) in [6.45, 7) is 2.31. The molecular formula is C12H21O3S2+. The summed E-state index contributed by atoms with van der Waals surface area (Å²) in [5, 5.41) is 0.266. The summed E-state index contributed by atoms with van der Waals surface area (Å²) in [5.41, 5.74) is 0. The van der Waals surface area contributed by atoms with Crippen LogP contribution < -0.4 is 0 Å². The van der Waals surface area contributed by atoms with Crippen LogP contribution >= 0.6 is 11.8 Å². The number of carbonyl (C=O) groups excluding carboxylic acids is 2. The van der Waals surface area contributed by atoms with Gasteiger partial charge in [0.25, 0.3) is 0 Å². The number of hydrogen-bond donors (Lipinski definition) is 0. The molecule has 0 saturated carbocycles. The second-order valence-electron chi connectivity index (χ2n) is 4.06. The zero-order valence-electron chi connectivity index (χ0n) is 10.4. The molecule has 0 N–H and O–H groups in total. The van der Waals surface area contributed by atoms with Crippen LogP contribution in [-0.2, 0) is 25.2 Å². The van der Waals surface area contributed by atoms with E-state index in [9.17, 15) is 9.59 Å². The molecule has 1 saturated heterocycles. The third-order valence-electron chi connectivity index (χ3n) is 2.50. The Morgan fingerprint density at radius 1 is 1.29 bits per heavy atom. The zero-order valence-corrected chi connectivity index (χ0v) is 12.0. The van der Waals surface area contributed by atoms with Crippen molar-refractivity contribution >= 4 is 33.7 Å². The molecule has 0 unspecified atom stereocenters. The minimum atomic E-state index is -0.154. The number of thioether (sulfide) groups is 1. The van der Waals surface area contributed by atoms with E-state index in [2.05, 4.69) is 0 Å². The number of ether oxygens (including phenoxy) is 1. The smallest absolute Gasteiger partial charge is 0.305 e. The van der Waals surface area contributed by atoms with Gasteiger partial charge in [-0.15, -0.1) is 0 Å². The van der Waals surface area contributed by atoms with Crippen molar-refractivity contribution in [3.63, 3.8) is 0 Å². The van der Waals surface area contributed by atoms with Crippen molar-refractivity contribution in [1.82, 2.24) is 0 Å². The number of esters is 1. The monoisotopic (exact) mass is 277 g/mol. The van der Waals surface area contributed by atoms with E-state index < -0.39 is 0 Å². The fourth-order valence-electron chi connectivity index (χ4n) is 1.65. The van der Waals surface area contributed by atoms with Gasteiger partial charge in [0.1, 0.15) is 18.1 Å². The van der Waals surface area contributed by atoms with Crippen LogP contribution in [0.2, 0.25) is 0 Å². The summed E-state index contributed by atoms with van der Waals surface area (Å²) in [4.78, 5) is 22.7. The number of hydrogen-bond acceptors (Lipinski definition) is 4. The summed E-state index contributed by atoms with van der Waals surface area (Å²) in [6.07, 6.45) is 3.86. The molecule has 0 radical (unpaired) electrons. The standard InChI is InChI=1S/C12H21O3S2/c1-2-5-11(13)15-6-7-16-12(14)10-17-8-3-4-9-17/h2-10H2,1H3/q+1. The molecule has 98 valence electrons. The minimum absolute atomic E-state index is 0.154. The van der Waals surface area contributed by atoms with Gasteiger partial charge < -0.3 is 4.74 Å². The highest BCUT2D eigenvalue weighted by molar-refractivity contribution is 8.15. The Kier molecular flexibility index (Phi) is 7.77. The van der Waals surface area contributed by atoms with Crippen LogP contribution in [0.25, 0.3) is 0 Å². The predicted octanol–water partition coefficient (Wildman–Crippen LogP) is 2.00. The summed E-state index contributed by atoms with van der Waals surface area (Å²) in [7, 11) is 0.347. The van der Waals surface area contributed by atoms with Gasteiger partial charge in [0.05, 0.1) is 0 Å². The highest BCUT2D eigenvalue weighted by Gasteiger charge is 2.26. The van der Waals surface area contributed by atoms with Crippen LogP contribution in [0.15, 0.2) is 0 Å². The first-order valence-corrected chi connectivity index (χ1v) is 8.89. The number of carbonyl (C=O) groups is 2. The van der Waals surface area contributed by atoms with Gasteiger partial charge in [0.15, 0.2) is 5.75 Å². The predicted molar refractivity (Wildman–Crippen MR) is 74.5 cm³/mol. The summed E-state index contributed by atoms with van der Waals surface area (Å²) < 4.78 is 4.99. The first-order valence-electron chi connectivity index (χ1n) is 6.17. The fraction of sp³-hybridized carbons (Fsp3) is 0.833. The lowest BCUT2D eigenvalue weighted by molar-refractivity contribution is -0.143. The molecule has 17 heavy (non-hydrogen) atoms. The number of rotatable bonds is 7. The molecule has 0 aromatic rings. The second kappa shape index (κ2) is 8.86. The average molecular weight is 277 g/mol. The molecule has 3 nitrogen and oxygen atoms in total. The van der Waals surface area contributed by atoms with Crippen molar-refractivity contribution in [1.29, 1.82) is 0 Å². The highest BCUT2D eigenvalue weighted by atomic mass is 32.2. The molecule has 1 rings (SSSR count). The SMILES string of the molecule is CCCC(=O)OCCSC(=O)C[S+]1CCCC1. The lowest BCUT2D eigenvalue weighted by Crippen LogP contribution is -2.16. The van der Waals surface area contributed by atoms with Crippen LogP contribution in [0.1, 0.15) is 32.6 Å². The maximum absolute atomic E-state index is 11.6. The summed E-state index contributed by atoms with van der Waals surface area (Å²) in [6, 6.07) is 0. The van der Waals surface area contributed by atoms with Crippen molar-refractivity contribution in [2.45, 2.75) is 32.6 Å². The van der Waals surface area contributed by atoms with Gasteiger partial charge in [-0.05, 0) is 30.2 Å². The molecule has 1 heterocycles. The average Bonchev–Trinajstić information content (AvgIpc) is 2.77. The molecule has 1 fully saturated rings. The highest BCUT2D eigenvalue weighted by Crippen LogP contribution is 2.16. The van der Waals surface area contributed by atoms with Crippen LogP contribution in [-0.4, -0.2) is 40.7 Å². The molecule has 0 amide bonds. The normalized spacial score (nSPS) is 16.1. The largest absolute Gasteiger partial charge is 0.465 e. The first kappa shape index (κ1) is 14.9. The van der Waals surface area contributed by atoms with Gasteiger partial charge in [-0.1, -0.05) is 18.7 Å². The first-order chi connectivity index (χ1) is 8.22. The lowest BCUT2D eigenvalue weighted by atomic mass is 10.3. The Balaban J connectivity index is 1.98. The molecule has 0 spiro atoms. The van der Waals surface area contributed by atoms with Gasteiger partial charge in [0, 0.05) is 12.2 Å². The Morgan fingerprint density at radius 2 is 2.00 bits per heavy atom. The van der Waals surface area contributed by atoms with Crippen molar-refractivity contribution in [2.24, 2.45) is 0 Å². The molecule has 1 aliphatic heterocycles. The quantitative estimate of drug-likeness (QED) is 0.405. The van der Waals surface area contributed by atoms with E-state index in [1.165, 1.54) is 36.1 Å². The van der Waals surface area contributed by atoms with E-state index in [0.29, 0.717) is 29.7 Å². The van der Waals surface area contributed by atoms with Crippen molar-refractivity contribution < 1.29 is 14.3 Å². The fourth-order valence-corrected chi connectivity index (χ4v) is 4.93. The van der Waals surface area contributed by atoms with Gasteiger partial charge in [-0.2, -0.15) is 0 Å². The van der Waals surface area contributed by atoms with E-state index in [1.807, 2.05) is 6.92 Å². The molecule has 0 aromatic heterocycles. The third-order valence-corrected chi connectivity index (χ3v) is 5.92. The van der Waals surface area contributed by atoms with E-state index in [4.69, 9.17) is 4.74 Å². The summed E-state index contributed by atoms with van der Waals surface area (Å²) in [5.74, 6) is 3.65. The molecular weight excluding hydrogens is 256 g/mol. The molecule has 0 aliphatic carbocycles. The molecule has 0 atom stereocenters. The summed E-state index contributed by atoms with van der Waals surface area (Å²) >= 11 is 1.31. The van der Waals surface area contributed by atoms with Gasteiger partial charge in [0.2, 0.25) is 5.12 Å². The zero-order chi connectivity index (χ0) is 12.5. The van der Waals surface area contributed by atoms with Crippen LogP contribution in [0.4, 0.5) is 0 Å². The molecule has 0 bridgehead atoms. The maximum Gasteiger partial charge on any atom is 0.305 e.